The first-order chi connectivity index (χ1) is 8.77. The van der Waals surface area contributed by atoms with E-state index in [9.17, 15) is 10.1 Å². The van der Waals surface area contributed by atoms with Gasteiger partial charge in [0.25, 0.3) is 0 Å². The highest BCUT2D eigenvalue weighted by atomic mass is 16.6. The number of nitrogens with zero attached hydrogens (tertiary/aromatic N) is 1. The number of hydrogen-bond donors (Lipinski definition) is 1. The molecule has 4 nitrogen and oxygen atoms in total. The predicted molar refractivity (Wildman–Crippen MR) is 70.0 cm³/mol. The van der Waals surface area contributed by atoms with Crippen LogP contribution in [0.3, 0.4) is 0 Å². The molecule has 0 radical (unpaired) electrons. The summed E-state index contributed by atoms with van der Waals surface area (Å²) >= 11 is 0. The van der Waals surface area contributed by atoms with Crippen molar-refractivity contribution in [3.8, 4) is 0 Å². The minimum atomic E-state index is -0.243. The minimum Gasteiger partial charge on any atom is -0.314 e. The summed E-state index contributed by atoms with van der Waals surface area (Å²) in [6.07, 6.45) is 9.29. The lowest BCUT2D eigenvalue weighted by Gasteiger charge is -2.44. The van der Waals surface area contributed by atoms with Crippen LogP contribution in [0.15, 0.2) is 0 Å². The van der Waals surface area contributed by atoms with E-state index in [0.717, 1.165) is 25.8 Å². The van der Waals surface area contributed by atoms with Gasteiger partial charge in [-0.15, -0.1) is 0 Å². The summed E-state index contributed by atoms with van der Waals surface area (Å²) in [6, 6.07) is 0.413. The fourth-order valence-electron chi connectivity index (χ4n) is 4.83. The second-order valence-electron chi connectivity index (χ2n) is 6.41. The van der Waals surface area contributed by atoms with Crippen molar-refractivity contribution in [1.82, 2.24) is 5.32 Å². The smallest absolute Gasteiger partial charge is 0.216 e. The Morgan fingerprint density at radius 3 is 2.33 bits per heavy atom. The molecule has 5 unspecified atom stereocenters. The monoisotopic (exact) mass is 252 g/mol. The van der Waals surface area contributed by atoms with E-state index in [-0.39, 0.29) is 11.0 Å². The molecule has 102 valence electrons. The molecule has 2 saturated carbocycles. The van der Waals surface area contributed by atoms with Crippen LogP contribution >= 0.6 is 0 Å². The Kier molecular flexibility index (Phi) is 3.55. The van der Waals surface area contributed by atoms with E-state index in [1.54, 1.807) is 0 Å². The molecule has 1 N–H and O–H groups in total. The molecular weight excluding hydrogens is 228 g/mol. The molecule has 0 spiro atoms. The largest absolute Gasteiger partial charge is 0.314 e. The lowest BCUT2D eigenvalue weighted by Crippen LogP contribution is -2.48. The first-order valence-corrected chi connectivity index (χ1v) is 7.64. The Bertz CT molecular complexity index is 315. The summed E-state index contributed by atoms with van der Waals surface area (Å²) in [5, 5.41) is 14.9. The van der Waals surface area contributed by atoms with E-state index >= 15 is 0 Å². The van der Waals surface area contributed by atoms with Gasteiger partial charge in [-0.05, 0) is 50.5 Å². The van der Waals surface area contributed by atoms with Crippen LogP contribution in [-0.4, -0.2) is 23.6 Å². The first-order valence-electron chi connectivity index (χ1n) is 7.64. The second-order valence-corrected chi connectivity index (χ2v) is 6.41. The van der Waals surface area contributed by atoms with Crippen LogP contribution in [0.5, 0.6) is 0 Å². The summed E-state index contributed by atoms with van der Waals surface area (Å²) in [5.74, 6) is 1.71. The maximum atomic E-state index is 11.2. The fourth-order valence-corrected chi connectivity index (χ4v) is 4.83. The summed E-state index contributed by atoms with van der Waals surface area (Å²) in [6.45, 7) is 1.15. The van der Waals surface area contributed by atoms with Gasteiger partial charge < -0.3 is 5.32 Å². The molecule has 3 rings (SSSR count). The molecule has 18 heavy (non-hydrogen) atoms. The van der Waals surface area contributed by atoms with Gasteiger partial charge in [-0.3, -0.25) is 10.1 Å². The quantitative estimate of drug-likeness (QED) is 0.607. The molecule has 3 aliphatic rings. The average Bonchev–Trinajstić information content (AvgIpc) is 2.91. The number of nitro groups is 1. The van der Waals surface area contributed by atoms with Gasteiger partial charge in [-0.1, -0.05) is 12.8 Å². The third-order valence-electron chi connectivity index (χ3n) is 5.60. The van der Waals surface area contributed by atoms with Crippen molar-refractivity contribution in [2.24, 2.45) is 17.8 Å². The van der Waals surface area contributed by atoms with Crippen LogP contribution in [0, 0.1) is 27.9 Å². The van der Waals surface area contributed by atoms with Crippen molar-refractivity contribution >= 4 is 0 Å². The average molecular weight is 252 g/mol. The van der Waals surface area contributed by atoms with E-state index in [4.69, 9.17) is 0 Å². The van der Waals surface area contributed by atoms with Gasteiger partial charge in [-0.25, -0.2) is 0 Å². The summed E-state index contributed by atoms with van der Waals surface area (Å²) in [4.78, 5) is 11.2. The maximum Gasteiger partial charge on any atom is 0.216 e. The predicted octanol–water partition coefficient (Wildman–Crippen LogP) is 2.60. The molecule has 1 saturated heterocycles. The van der Waals surface area contributed by atoms with E-state index in [0.29, 0.717) is 23.8 Å². The summed E-state index contributed by atoms with van der Waals surface area (Å²) in [7, 11) is 0. The van der Waals surface area contributed by atoms with Gasteiger partial charge in [-0.2, -0.15) is 0 Å². The highest BCUT2D eigenvalue weighted by Gasteiger charge is 2.48. The molecule has 5 atom stereocenters. The van der Waals surface area contributed by atoms with Crippen LogP contribution in [0.1, 0.15) is 51.4 Å². The number of nitrogens with one attached hydrogen (secondary N) is 1. The maximum absolute atomic E-state index is 11.2. The first kappa shape index (κ1) is 12.4. The van der Waals surface area contributed by atoms with E-state index in [1.807, 2.05) is 0 Å². The Hall–Kier alpha value is -0.640. The van der Waals surface area contributed by atoms with Gasteiger partial charge in [0.1, 0.15) is 0 Å². The molecule has 0 bridgehead atoms. The second kappa shape index (κ2) is 5.16. The normalized spacial score (nSPS) is 44.6. The van der Waals surface area contributed by atoms with Crippen molar-refractivity contribution in [2.75, 3.05) is 6.54 Å². The van der Waals surface area contributed by atoms with Crippen LogP contribution < -0.4 is 5.32 Å². The zero-order valence-corrected chi connectivity index (χ0v) is 11.0. The number of rotatable bonds is 2. The van der Waals surface area contributed by atoms with Crippen LogP contribution in [-0.2, 0) is 0 Å². The van der Waals surface area contributed by atoms with Gasteiger partial charge in [0.05, 0.1) is 0 Å². The summed E-state index contributed by atoms with van der Waals surface area (Å²) in [5.41, 5.74) is 0. The molecular formula is C14H24N2O2. The Morgan fingerprint density at radius 1 is 0.889 bits per heavy atom. The Balaban J connectivity index is 1.76. The van der Waals surface area contributed by atoms with E-state index in [2.05, 4.69) is 5.32 Å². The molecule has 2 aliphatic carbocycles. The van der Waals surface area contributed by atoms with Crippen molar-refractivity contribution in [3.63, 3.8) is 0 Å². The molecule has 4 heteroatoms. The number of hydrogen-bond acceptors (Lipinski definition) is 3. The zero-order valence-electron chi connectivity index (χ0n) is 11.0. The molecule has 1 heterocycles. The van der Waals surface area contributed by atoms with E-state index in [1.165, 1.54) is 32.1 Å². The highest BCUT2D eigenvalue weighted by Crippen LogP contribution is 2.46. The molecule has 1 aliphatic heterocycles. The third-order valence-corrected chi connectivity index (χ3v) is 5.60. The fraction of sp³-hybridized carbons (Fsp3) is 1.00. The zero-order chi connectivity index (χ0) is 12.5. The number of fused-ring (bicyclic) bond motifs is 1. The van der Waals surface area contributed by atoms with Crippen LogP contribution in [0.2, 0.25) is 0 Å². The topological polar surface area (TPSA) is 55.2 Å². The van der Waals surface area contributed by atoms with Gasteiger partial charge in [0.2, 0.25) is 6.04 Å². The highest BCUT2D eigenvalue weighted by molar-refractivity contribution is 4.95. The minimum absolute atomic E-state index is 0.0152. The van der Waals surface area contributed by atoms with Crippen molar-refractivity contribution in [1.29, 1.82) is 0 Å². The molecule has 0 amide bonds. The molecule has 0 aromatic rings. The van der Waals surface area contributed by atoms with Crippen LogP contribution in [0.25, 0.3) is 0 Å². The standard InChI is InChI=1S/C14H24N2O2/c17-16(18)14-8-7-11(13-6-3-9-15-13)10-4-1-2-5-12(10)14/h10-15H,1-9H2. The summed E-state index contributed by atoms with van der Waals surface area (Å²) < 4.78 is 0. The van der Waals surface area contributed by atoms with Gasteiger partial charge in [0, 0.05) is 23.3 Å². The SMILES string of the molecule is O=[N+]([O-])C1CCC(C2CCCN2)C2CCCCC21. The van der Waals surface area contributed by atoms with Crippen molar-refractivity contribution in [3.05, 3.63) is 10.1 Å². The Morgan fingerprint density at radius 2 is 1.67 bits per heavy atom. The molecule has 3 fully saturated rings. The Labute approximate surface area is 109 Å². The van der Waals surface area contributed by atoms with Crippen LogP contribution in [0.4, 0.5) is 0 Å². The van der Waals surface area contributed by atoms with Crippen molar-refractivity contribution < 1.29 is 4.92 Å². The van der Waals surface area contributed by atoms with Gasteiger partial charge in [0.15, 0.2) is 0 Å². The third kappa shape index (κ3) is 2.15. The lowest BCUT2D eigenvalue weighted by atomic mass is 9.61. The molecule has 0 aromatic heterocycles. The molecule has 0 aromatic carbocycles. The lowest BCUT2D eigenvalue weighted by molar-refractivity contribution is -0.540. The van der Waals surface area contributed by atoms with Crippen molar-refractivity contribution in [2.45, 2.75) is 63.5 Å². The van der Waals surface area contributed by atoms with Gasteiger partial charge >= 0.3 is 0 Å². The van der Waals surface area contributed by atoms with E-state index < -0.39 is 0 Å².